The van der Waals surface area contributed by atoms with Crippen LogP contribution in [0.2, 0.25) is 0 Å². The van der Waals surface area contributed by atoms with Gasteiger partial charge in [0.2, 0.25) is 0 Å². The number of benzene rings is 8. The summed E-state index contributed by atoms with van der Waals surface area (Å²) in [6, 6.07) is 70.4. The Labute approximate surface area is 316 Å². The third-order valence-electron chi connectivity index (χ3n) is 10.8. The molecule has 0 radical (unpaired) electrons. The van der Waals surface area contributed by atoms with Crippen LogP contribution in [0.4, 0.5) is 11.4 Å². The molecule has 0 saturated heterocycles. The van der Waals surface area contributed by atoms with E-state index in [0.717, 1.165) is 24.2 Å². The molecule has 10 rings (SSSR count). The molecular weight excluding hydrogens is 653 g/mol. The van der Waals surface area contributed by atoms with E-state index in [1.54, 1.807) is 0 Å². The average Bonchev–Trinajstić information content (AvgIpc) is 3.59. The van der Waals surface area contributed by atoms with Crippen molar-refractivity contribution >= 4 is 49.5 Å². The fourth-order valence-electron chi connectivity index (χ4n) is 8.27. The summed E-state index contributed by atoms with van der Waals surface area (Å²) in [5.41, 5.74) is 14.6. The number of fused-ring (bicyclic) bond motifs is 4. The first kappa shape index (κ1) is 31.8. The number of anilines is 2. The summed E-state index contributed by atoms with van der Waals surface area (Å²) >= 11 is 0. The molecule has 2 nitrogen and oxygen atoms in total. The minimum Gasteiger partial charge on any atom is -0.314 e. The summed E-state index contributed by atoms with van der Waals surface area (Å²) in [5.74, 6) is 0. The summed E-state index contributed by atoms with van der Waals surface area (Å²) in [6.45, 7) is 0. The predicted molar refractivity (Wildman–Crippen MR) is 229 cm³/mol. The van der Waals surface area contributed by atoms with Gasteiger partial charge >= 0.3 is 0 Å². The molecule has 0 atom stereocenters. The number of aromatic nitrogens is 1. The van der Waals surface area contributed by atoms with E-state index in [2.05, 4.69) is 216 Å². The van der Waals surface area contributed by atoms with E-state index in [4.69, 9.17) is 0 Å². The lowest BCUT2D eigenvalue weighted by atomic mass is 9.93. The van der Waals surface area contributed by atoms with Crippen LogP contribution in [0.15, 0.2) is 212 Å². The lowest BCUT2D eigenvalue weighted by Crippen LogP contribution is -2.18. The van der Waals surface area contributed by atoms with E-state index in [0.29, 0.717) is 0 Å². The quantitative estimate of drug-likeness (QED) is 0.162. The molecule has 0 N–H and O–H groups in total. The molecule has 1 heterocycles. The molecule has 2 heteroatoms. The molecule has 54 heavy (non-hydrogen) atoms. The zero-order valence-corrected chi connectivity index (χ0v) is 29.9. The minimum atomic E-state index is 0.938. The van der Waals surface area contributed by atoms with Crippen LogP contribution in [0.1, 0.15) is 18.4 Å². The van der Waals surface area contributed by atoms with Gasteiger partial charge in [0.15, 0.2) is 0 Å². The molecule has 0 bridgehead atoms. The second-order valence-corrected chi connectivity index (χ2v) is 14.1. The van der Waals surface area contributed by atoms with E-state index in [9.17, 15) is 0 Å². The summed E-state index contributed by atoms with van der Waals surface area (Å²) in [6.07, 6.45) is 6.75. The van der Waals surface area contributed by atoms with Crippen molar-refractivity contribution in [2.75, 3.05) is 4.90 Å². The minimum absolute atomic E-state index is 0.938. The second kappa shape index (κ2) is 13.6. The summed E-state index contributed by atoms with van der Waals surface area (Å²) < 4.78 is 2.40. The molecular formula is C52H38N2. The van der Waals surface area contributed by atoms with Gasteiger partial charge in [-0.25, -0.2) is 0 Å². The smallest absolute Gasteiger partial charge is 0.0547 e. The van der Waals surface area contributed by atoms with E-state index < -0.39 is 0 Å². The standard InChI is InChI=1S/C52H38N2/c1-3-14-37(15-4-1)41-18-11-22-46(35-41)53(45-32-30-39(31-33-45)42-29-28-38-16-7-8-17-40(38)34-42)47-23-12-19-43(36-47)48-25-13-27-51-52(48)49-24-9-10-26-50(49)54(51)44-20-5-2-6-21-44/h1-11,13-22,24-36H,12,23H2. The fourth-order valence-corrected chi connectivity index (χ4v) is 8.27. The Morgan fingerprint density at radius 1 is 0.444 bits per heavy atom. The summed E-state index contributed by atoms with van der Waals surface area (Å²) in [5, 5.41) is 5.07. The Bertz CT molecular complexity index is 2860. The Morgan fingerprint density at radius 3 is 1.94 bits per heavy atom. The Hall–Kier alpha value is -6.90. The van der Waals surface area contributed by atoms with Gasteiger partial charge in [-0.3, -0.25) is 0 Å². The topological polar surface area (TPSA) is 8.17 Å². The Morgan fingerprint density at radius 2 is 1.09 bits per heavy atom. The van der Waals surface area contributed by atoms with Gasteiger partial charge in [0.25, 0.3) is 0 Å². The van der Waals surface area contributed by atoms with Gasteiger partial charge in [-0.15, -0.1) is 0 Å². The van der Waals surface area contributed by atoms with Gasteiger partial charge in [0.05, 0.1) is 11.0 Å². The van der Waals surface area contributed by atoms with Crippen molar-refractivity contribution in [2.24, 2.45) is 0 Å². The van der Waals surface area contributed by atoms with Crippen molar-refractivity contribution < 1.29 is 0 Å². The fraction of sp³-hybridized carbons (Fsp3) is 0.0385. The second-order valence-electron chi connectivity index (χ2n) is 14.1. The summed E-state index contributed by atoms with van der Waals surface area (Å²) in [4.78, 5) is 2.47. The number of para-hydroxylation sites is 2. The molecule has 0 amide bonds. The van der Waals surface area contributed by atoms with Crippen LogP contribution in [-0.4, -0.2) is 4.57 Å². The first-order chi connectivity index (χ1) is 26.8. The highest BCUT2D eigenvalue weighted by Gasteiger charge is 2.22. The SMILES string of the molecule is C1=C(c2cccc3c2c2ccccc2n3-c2ccccc2)C=C(N(c2ccc(-c3ccc4ccccc4c3)cc2)c2cccc(-c3ccccc3)c2)CC1. The lowest BCUT2D eigenvalue weighted by molar-refractivity contribution is 0.921. The third kappa shape index (κ3) is 5.70. The van der Waals surface area contributed by atoms with Crippen LogP contribution in [0.5, 0.6) is 0 Å². The number of hydrogen-bond donors (Lipinski definition) is 0. The highest BCUT2D eigenvalue weighted by Crippen LogP contribution is 2.42. The number of allylic oxidation sites excluding steroid dienone is 4. The number of rotatable bonds is 7. The highest BCUT2D eigenvalue weighted by molar-refractivity contribution is 6.14. The first-order valence-corrected chi connectivity index (χ1v) is 18.8. The van der Waals surface area contributed by atoms with Gasteiger partial charge in [0.1, 0.15) is 0 Å². The Kier molecular flexibility index (Phi) is 8.00. The van der Waals surface area contributed by atoms with Crippen LogP contribution in [-0.2, 0) is 0 Å². The maximum Gasteiger partial charge on any atom is 0.0547 e. The molecule has 0 saturated carbocycles. The van der Waals surface area contributed by atoms with Gasteiger partial charge in [-0.1, -0.05) is 146 Å². The molecule has 9 aromatic rings. The average molecular weight is 691 g/mol. The van der Waals surface area contributed by atoms with Crippen molar-refractivity contribution in [3.8, 4) is 27.9 Å². The van der Waals surface area contributed by atoms with Crippen LogP contribution in [0.3, 0.4) is 0 Å². The van der Waals surface area contributed by atoms with Crippen LogP contribution in [0.25, 0.3) is 66.1 Å². The van der Waals surface area contributed by atoms with Crippen molar-refractivity contribution in [3.63, 3.8) is 0 Å². The van der Waals surface area contributed by atoms with Gasteiger partial charge in [-0.05, 0) is 118 Å². The Balaban J connectivity index is 1.11. The molecule has 256 valence electrons. The molecule has 0 spiro atoms. The predicted octanol–water partition coefficient (Wildman–Crippen LogP) is 14.2. The van der Waals surface area contributed by atoms with Crippen LogP contribution < -0.4 is 4.90 Å². The molecule has 0 aliphatic heterocycles. The van der Waals surface area contributed by atoms with E-state index in [1.807, 2.05) is 0 Å². The first-order valence-electron chi connectivity index (χ1n) is 18.8. The molecule has 0 fully saturated rings. The van der Waals surface area contributed by atoms with Crippen LogP contribution >= 0.6 is 0 Å². The van der Waals surface area contributed by atoms with Crippen molar-refractivity contribution in [3.05, 3.63) is 218 Å². The number of hydrogen-bond acceptors (Lipinski definition) is 1. The molecule has 8 aromatic carbocycles. The van der Waals surface area contributed by atoms with Crippen molar-refractivity contribution in [1.29, 1.82) is 0 Å². The number of nitrogens with zero attached hydrogens (tertiary/aromatic N) is 2. The summed E-state index contributed by atoms with van der Waals surface area (Å²) in [7, 11) is 0. The molecule has 1 aromatic heterocycles. The molecule has 1 aliphatic carbocycles. The lowest BCUT2D eigenvalue weighted by Gasteiger charge is -2.30. The van der Waals surface area contributed by atoms with Gasteiger partial charge in [-0.2, -0.15) is 0 Å². The largest absolute Gasteiger partial charge is 0.314 e. The van der Waals surface area contributed by atoms with E-state index in [-0.39, 0.29) is 0 Å². The third-order valence-corrected chi connectivity index (χ3v) is 10.8. The van der Waals surface area contributed by atoms with Gasteiger partial charge < -0.3 is 9.47 Å². The molecule has 0 unspecified atom stereocenters. The zero-order chi connectivity index (χ0) is 35.8. The normalized spacial score (nSPS) is 12.9. The van der Waals surface area contributed by atoms with Crippen molar-refractivity contribution in [1.82, 2.24) is 4.57 Å². The zero-order valence-electron chi connectivity index (χ0n) is 29.9. The van der Waals surface area contributed by atoms with Crippen LogP contribution in [0, 0.1) is 0 Å². The van der Waals surface area contributed by atoms with Crippen molar-refractivity contribution in [2.45, 2.75) is 12.8 Å². The van der Waals surface area contributed by atoms with E-state index >= 15 is 0 Å². The van der Waals surface area contributed by atoms with Gasteiger partial charge in [0, 0.05) is 33.5 Å². The molecule has 1 aliphatic rings. The monoisotopic (exact) mass is 690 g/mol. The van der Waals surface area contributed by atoms with E-state index in [1.165, 1.54) is 77.4 Å². The maximum absolute atomic E-state index is 2.47. The maximum atomic E-state index is 2.47. The highest BCUT2D eigenvalue weighted by atomic mass is 15.1.